The highest BCUT2D eigenvalue weighted by Gasteiger charge is 2.26. The topological polar surface area (TPSA) is 71.2 Å². The average Bonchev–Trinajstić information content (AvgIpc) is 2.45. The van der Waals surface area contributed by atoms with E-state index in [1.54, 1.807) is 0 Å². The number of aromatic nitrogens is 1. The minimum absolute atomic E-state index is 0.397. The Hall–Kier alpha value is -1.62. The van der Waals surface area contributed by atoms with Gasteiger partial charge in [0.2, 0.25) is 0 Å². The van der Waals surface area contributed by atoms with Crippen molar-refractivity contribution in [2.45, 2.75) is 51.6 Å². The van der Waals surface area contributed by atoms with E-state index in [0.29, 0.717) is 23.3 Å². The van der Waals surface area contributed by atoms with Crippen LogP contribution in [0, 0.1) is 13.8 Å². The number of hydrogen-bond acceptors (Lipinski definition) is 4. The summed E-state index contributed by atoms with van der Waals surface area (Å²) in [6.45, 7) is 3.80. The summed E-state index contributed by atoms with van der Waals surface area (Å²) in [6, 6.07) is 3.04. The molecule has 0 aliphatic heterocycles. The monoisotopic (exact) mass is 290 g/mol. The van der Waals surface area contributed by atoms with Crippen LogP contribution in [0.4, 0.5) is 5.69 Å². The number of rotatable bonds is 4. The highest BCUT2D eigenvalue weighted by atomic mass is 16.1. The molecule has 0 bridgehead atoms. The molecule has 2 rings (SSSR count). The van der Waals surface area contributed by atoms with E-state index in [9.17, 15) is 4.79 Å². The van der Waals surface area contributed by atoms with E-state index in [2.05, 4.69) is 22.2 Å². The van der Waals surface area contributed by atoms with Gasteiger partial charge in [-0.25, -0.2) is 0 Å². The Balaban J connectivity index is 2.27. The summed E-state index contributed by atoms with van der Waals surface area (Å²) < 4.78 is 0. The van der Waals surface area contributed by atoms with Gasteiger partial charge in [0.1, 0.15) is 0 Å². The molecule has 3 N–H and O–H groups in total. The Morgan fingerprint density at radius 1 is 1.33 bits per heavy atom. The Morgan fingerprint density at radius 3 is 2.48 bits per heavy atom. The van der Waals surface area contributed by atoms with Gasteiger partial charge in [-0.15, -0.1) is 0 Å². The van der Waals surface area contributed by atoms with Gasteiger partial charge >= 0.3 is 0 Å². The third kappa shape index (κ3) is 3.35. The number of aryl methyl sites for hydroxylation is 2. The van der Waals surface area contributed by atoms with Gasteiger partial charge in [-0.2, -0.15) is 0 Å². The number of primary amides is 1. The van der Waals surface area contributed by atoms with Gasteiger partial charge < -0.3 is 16.0 Å². The van der Waals surface area contributed by atoms with Crippen molar-refractivity contribution in [1.82, 2.24) is 10.3 Å². The maximum atomic E-state index is 11.8. The maximum Gasteiger partial charge on any atom is 0.252 e. The molecule has 0 aromatic carbocycles. The van der Waals surface area contributed by atoms with Gasteiger partial charge in [0.25, 0.3) is 5.91 Å². The summed E-state index contributed by atoms with van der Waals surface area (Å²) in [5, 5.41) is 3.35. The van der Waals surface area contributed by atoms with E-state index in [4.69, 9.17) is 5.73 Å². The summed E-state index contributed by atoms with van der Waals surface area (Å²) in [5.41, 5.74) is 8.67. The summed E-state index contributed by atoms with van der Waals surface area (Å²) in [4.78, 5) is 18.4. The van der Waals surface area contributed by atoms with Gasteiger partial charge in [0.05, 0.1) is 16.9 Å². The van der Waals surface area contributed by atoms with Crippen molar-refractivity contribution in [1.29, 1.82) is 0 Å². The number of amides is 1. The molecule has 5 nitrogen and oxygen atoms in total. The van der Waals surface area contributed by atoms with Crippen molar-refractivity contribution in [3.8, 4) is 0 Å². The summed E-state index contributed by atoms with van der Waals surface area (Å²) in [5.74, 6) is -0.397. The first kappa shape index (κ1) is 15.8. The lowest BCUT2D eigenvalue weighted by atomic mass is 9.90. The number of pyridine rings is 1. The van der Waals surface area contributed by atoms with Crippen molar-refractivity contribution in [3.63, 3.8) is 0 Å². The molecule has 0 saturated heterocycles. The SMILES string of the molecule is CNC1CCC(N(C)c2cc(C)nc(C)c2C(N)=O)CC1. The van der Waals surface area contributed by atoms with E-state index in [0.717, 1.165) is 24.2 Å². The fourth-order valence-corrected chi connectivity index (χ4v) is 3.34. The fourth-order valence-electron chi connectivity index (χ4n) is 3.34. The lowest BCUT2D eigenvalue weighted by Crippen LogP contribution is -2.40. The van der Waals surface area contributed by atoms with Crippen LogP contribution < -0.4 is 16.0 Å². The first-order valence-corrected chi connectivity index (χ1v) is 7.62. The molecular weight excluding hydrogens is 264 g/mol. The molecule has 1 amide bonds. The van der Waals surface area contributed by atoms with E-state index in [1.807, 2.05) is 27.0 Å². The molecule has 1 aromatic heterocycles. The molecule has 1 heterocycles. The third-order valence-electron chi connectivity index (χ3n) is 4.59. The molecule has 21 heavy (non-hydrogen) atoms. The van der Waals surface area contributed by atoms with Gasteiger partial charge in [0, 0.05) is 24.8 Å². The molecule has 1 aliphatic rings. The first-order chi connectivity index (χ1) is 9.93. The van der Waals surface area contributed by atoms with Gasteiger partial charge in [0.15, 0.2) is 0 Å². The van der Waals surface area contributed by atoms with Gasteiger partial charge in [-0.3, -0.25) is 9.78 Å². The Morgan fingerprint density at radius 2 is 1.95 bits per heavy atom. The molecule has 0 radical (unpaired) electrons. The number of anilines is 1. The van der Waals surface area contributed by atoms with Crippen molar-refractivity contribution in [2.24, 2.45) is 5.73 Å². The number of carbonyl (C=O) groups excluding carboxylic acids is 1. The molecule has 0 spiro atoms. The number of nitrogens with two attached hydrogens (primary N) is 1. The zero-order chi connectivity index (χ0) is 15.6. The van der Waals surface area contributed by atoms with Crippen LogP contribution in [-0.2, 0) is 0 Å². The second-order valence-corrected chi connectivity index (χ2v) is 6.01. The predicted molar refractivity (Wildman–Crippen MR) is 85.7 cm³/mol. The Kier molecular flexibility index (Phi) is 4.83. The lowest BCUT2D eigenvalue weighted by Gasteiger charge is -2.36. The van der Waals surface area contributed by atoms with Crippen LogP contribution in [0.25, 0.3) is 0 Å². The molecule has 1 saturated carbocycles. The standard InChI is InChI=1S/C16H26N4O/c1-10-9-14(15(16(17)21)11(2)19-10)20(4)13-7-5-12(18-3)6-8-13/h9,12-13,18H,5-8H2,1-4H3,(H2,17,21). The number of nitrogens with zero attached hydrogens (tertiary/aromatic N) is 2. The number of carbonyl (C=O) groups is 1. The zero-order valence-electron chi connectivity index (χ0n) is 13.4. The van der Waals surface area contributed by atoms with Crippen LogP contribution in [0.2, 0.25) is 0 Å². The first-order valence-electron chi connectivity index (χ1n) is 7.62. The van der Waals surface area contributed by atoms with E-state index >= 15 is 0 Å². The van der Waals surface area contributed by atoms with Crippen LogP contribution in [-0.4, -0.2) is 37.1 Å². The van der Waals surface area contributed by atoms with Gasteiger partial charge in [-0.1, -0.05) is 0 Å². The van der Waals surface area contributed by atoms with Crippen LogP contribution in [0.3, 0.4) is 0 Å². The lowest BCUT2D eigenvalue weighted by molar-refractivity contribution is 0.0999. The summed E-state index contributed by atoms with van der Waals surface area (Å²) in [6.07, 6.45) is 4.59. The maximum absolute atomic E-state index is 11.8. The minimum atomic E-state index is -0.397. The molecule has 5 heteroatoms. The summed E-state index contributed by atoms with van der Waals surface area (Å²) in [7, 11) is 4.08. The van der Waals surface area contributed by atoms with E-state index < -0.39 is 5.91 Å². The van der Waals surface area contributed by atoms with Crippen LogP contribution in [0.1, 0.15) is 47.4 Å². The van der Waals surface area contributed by atoms with Crippen LogP contribution in [0.15, 0.2) is 6.07 Å². The number of hydrogen-bond donors (Lipinski definition) is 2. The van der Waals surface area contributed by atoms with Crippen molar-refractivity contribution >= 4 is 11.6 Å². The molecular formula is C16H26N4O. The smallest absolute Gasteiger partial charge is 0.252 e. The predicted octanol–water partition coefficient (Wildman–Crippen LogP) is 1.76. The summed E-state index contributed by atoms with van der Waals surface area (Å²) >= 11 is 0. The Labute approximate surface area is 126 Å². The number of nitrogens with one attached hydrogen (secondary N) is 1. The largest absolute Gasteiger partial charge is 0.371 e. The molecule has 116 valence electrons. The van der Waals surface area contributed by atoms with Crippen LogP contribution in [0.5, 0.6) is 0 Å². The second kappa shape index (κ2) is 6.43. The van der Waals surface area contributed by atoms with Gasteiger partial charge in [-0.05, 0) is 52.6 Å². The normalized spacial score (nSPS) is 22.1. The minimum Gasteiger partial charge on any atom is -0.371 e. The van der Waals surface area contributed by atoms with E-state index in [1.165, 1.54) is 12.8 Å². The van der Waals surface area contributed by atoms with Crippen molar-refractivity contribution in [3.05, 3.63) is 23.0 Å². The quantitative estimate of drug-likeness (QED) is 0.886. The Bertz CT molecular complexity index is 521. The third-order valence-corrected chi connectivity index (χ3v) is 4.59. The molecule has 1 aromatic rings. The van der Waals surface area contributed by atoms with Crippen LogP contribution >= 0.6 is 0 Å². The molecule has 0 unspecified atom stereocenters. The second-order valence-electron chi connectivity index (χ2n) is 6.01. The molecule has 0 atom stereocenters. The fraction of sp³-hybridized carbons (Fsp3) is 0.625. The molecule has 1 fully saturated rings. The zero-order valence-corrected chi connectivity index (χ0v) is 13.4. The van der Waals surface area contributed by atoms with E-state index in [-0.39, 0.29) is 0 Å². The molecule has 1 aliphatic carbocycles. The van der Waals surface area contributed by atoms with Crippen molar-refractivity contribution in [2.75, 3.05) is 19.0 Å². The highest BCUT2D eigenvalue weighted by Crippen LogP contribution is 2.30. The average molecular weight is 290 g/mol. The highest BCUT2D eigenvalue weighted by molar-refractivity contribution is 5.99. The van der Waals surface area contributed by atoms with Crippen molar-refractivity contribution < 1.29 is 4.79 Å².